The summed E-state index contributed by atoms with van der Waals surface area (Å²) in [4.78, 5) is 10.5. The molecule has 0 saturated heterocycles. The predicted molar refractivity (Wildman–Crippen MR) is 45.6 cm³/mol. The second-order valence-corrected chi connectivity index (χ2v) is 2.68. The Balaban J connectivity index is 2.23. The highest BCUT2D eigenvalue weighted by Crippen LogP contribution is 2.14. The third-order valence-corrected chi connectivity index (χ3v) is 1.83. The van der Waals surface area contributed by atoms with Crippen LogP contribution in [0.5, 0.6) is 0 Å². The van der Waals surface area contributed by atoms with E-state index in [4.69, 9.17) is 8.83 Å². The summed E-state index contributed by atoms with van der Waals surface area (Å²) in [6, 6.07) is 5.45. The van der Waals surface area contributed by atoms with Crippen molar-refractivity contribution in [3.63, 3.8) is 0 Å². The quantitative estimate of drug-likeness (QED) is 0.674. The molecule has 66 valence electrons. The summed E-state index contributed by atoms with van der Waals surface area (Å²) in [5, 5.41) is 0. The van der Waals surface area contributed by atoms with Crippen LogP contribution in [0.3, 0.4) is 0 Å². The van der Waals surface area contributed by atoms with Crippen LogP contribution in [0.1, 0.15) is 21.9 Å². The first-order chi connectivity index (χ1) is 6.40. The zero-order valence-electron chi connectivity index (χ0n) is 6.90. The summed E-state index contributed by atoms with van der Waals surface area (Å²) >= 11 is 0. The van der Waals surface area contributed by atoms with Crippen molar-refractivity contribution >= 4 is 6.29 Å². The Bertz CT molecular complexity index is 384. The van der Waals surface area contributed by atoms with Crippen molar-refractivity contribution < 1.29 is 13.6 Å². The van der Waals surface area contributed by atoms with Crippen molar-refractivity contribution in [3.8, 4) is 0 Å². The van der Waals surface area contributed by atoms with E-state index in [0.717, 1.165) is 11.3 Å². The zero-order chi connectivity index (χ0) is 9.10. The molecule has 0 unspecified atom stereocenters. The van der Waals surface area contributed by atoms with Crippen molar-refractivity contribution in [2.24, 2.45) is 0 Å². The fourth-order valence-electron chi connectivity index (χ4n) is 1.20. The van der Waals surface area contributed by atoms with Crippen molar-refractivity contribution in [3.05, 3.63) is 47.8 Å². The molecule has 0 aliphatic carbocycles. The normalized spacial score (nSPS) is 10.2. The molecule has 13 heavy (non-hydrogen) atoms. The molecule has 2 aromatic heterocycles. The molecule has 0 N–H and O–H groups in total. The minimum atomic E-state index is 0.372. The molecule has 0 amide bonds. The van der Waals surface area contributed by atoms with Crippen molar-refractivity contribution in [1.82, 2.24) is 0 Å². The molecule has 0 spiro atoms. The van der Waals surface area contributed by atoms with Crippen LogP contribution in [-0.2, 0) is 6.42 Å². The molecule has 2 heterocycles. The molecule has 3 nitrogen and oxygen atoms in total. The van der Waals surface area contributed by atoms with Gasteiger partial charge < -0.3 is 8.83 Å². The van der Waals surface area contributed by atoms with E-state index in [1.807, 2.05) is 12.1 Å². The molecule has 0 aliphatic heterocycles. The Morgan fingerprint density at radius 2 is 2.15 bits per heavy atom. The van der Waals surface area contributed by atoms with E-state index in [0.29, 0.717) is 18.5 Å². The Morgan fingerprint density at radius 1 is 1.23 bits per heavy atom. The molecule has 0 fully saturated rings. The second-order valence-electron chi connectivity index (χ2n) is 2.68. The maximum atomic E-state index is 10.5. The van der Waals surface area contributed by atoms with E-state index in [-0.39, 0.29) is 0 Å². The summed E-state index contributed by atoms with van der Waals surface area (Å²) < 4.78 is 10.1. The summed E-state index contributed by atoms with van der Waals surface area (Å²) in [5.74, 6) is 1.20. The van der Waals surface area contributed by atoms with Crippen molar-refractivity contribution in [2.45, 2.75) is 6.42 Å². The van der Waals surface area contributed by atoms with E-state index in [2.05, 4.69) is 0 Å². The summed E-state index contributed by atoms with van der Waals surface area (Å²) in [6.07, 6.45) is 4.41. The summed E-state index contributed by atoms with van der Waals surface area (Å²) in [6.45, 7) is 0. The number of hydrogen-bond acceptors (Lipinski definition) is 3. The third kappa shape index (κ3) is 1.54. The number of rotatable bonds is 3. The number of aldehydes is 1. The smallest absolute Gasteiger partial charge is 0.185 e. The van der Waals surface area contributed by atoms with Crippen molar-refractivity contribution in [1.29, 1.82) is 0 Å². The SMILES string of the molecule is O=Cc1occc1Cc1ccco1. The summed E-state index contributed by atoms with van der Waals surface area (Å²) in [7, 11) is 0. The molecule has 0 radical (unpaired) electrons. The third-order valence-electron chi connectivity index (χ3n) is 1.83. The zero-order valence-corrected chi connectivity index (χ0v) is 6.90. The van der Waals surface area contributed by atoms with E-state index in [1.165, 1.54) is 6.26 Å². The minimum Gasteiger partial charge on any atom is -0.469 e. The average Bonchev–Trinajstić information content (AvgIpc) is 2.76. The first-order valence-electron chi connectivity index (χ1n) is 3.94. The van der Waals surface area contributed by atoms with Gasteiger partial charge in [-0.1, -0.05) is 0 Å². The topological polar surface area (TPSA) is 43.4 Å². The van der Waals surface area contributed by atoms with Crippen LogP contribution >= 0.6 is 0 Å². The van der Waals surface area contributed by atoms with Gasteiger partial charge in [0.1, 0.15) is 5.76 Å². The van der Waals surface area contributed by atoms with Crippen molar-refractivity contribution in [2.75, 3.05) is 0 Å². The van der Waals surface area contributed by atoms with Crippen LogP contribution in [0, 0.1) is 0 Å². The first-order valence-corrected chi connectivity index (χ1v) is 3.94. The number of carbonyl (C=O) groups excluding carboxylic acids is 1. The Morgan fingerprint density at radius 3 is 2.85 bits per heavy atom. The monoisotopic (exact) mass is 176 g/mol. The molecular weight excluding hydrogens is 168 g/mol. The Kier molecular flexibility index (Phi) is 2.00. The van der Waals surface area contributed by atoms with Gasteiger partial charge in [0.25, 0.3) is 0 Å². The first kappa shape index (κ1) is 7.86. The molecule has 0 bridgehead atoms. The van der Waals surface area contributed by atoms with Gasteiger partial charge in [0.2, 0.25) is 0 Å². The number of hydrogen-bond donors (Lipinski definition) is 0. The molecule has 0 aliphatic rings. The van der Waals surface area contributed by atoms with Gasteiger partial charge in [0.15, 0.2) is 12.0 Å². The van der Waals surface area contributed by atoms with Gasteiger partial charge in [0, 0.05) is 12.0 Å². The Labute approximate surface area is 75.0 Å². The van der Waals surface area contributed by atoms with E-state index >= 15 is 0 Å². The maximum absolute atomic E-state index is 10.5. The molecular formula is C10H8O3. The van der Waals surface area contributed by atoms with Crippen LogP contribution in [-0.4, -0.2) is 6.29 Å². The highest BCUT2D eigenvalue weighted by molar-refractivity contribution is 5.73. The standard InChI is InChI=1S/C10H8O3/c11-7-10-8(3-5-13-10)6-9-2-1-4-12-9/h1-5,7H,6H2. The van der Waals surface area contributed by atoms with Gasteiger partial charge in [0.05, 0.1) is 12.5 Å². The maximum Gasteiger partial charge on any atom is 0.185 e. The molecule has 3 heteroatoms. The lowest BCUT2D eigenvalue weighted by atomic mass is 10.1. The lowest BCUT2D eigenvalue weighted by Crippen LogP contribution is -1.87. The highest BCUT2D eigenvalue weighted by atomic mass is 16.3. The average molecular weight is 176 g/mol. The highest BCUT2D eigenvalue weighted by Gasteiger charge is 2.06. The number of carbonyl (C=O) groups is 1. The molecule has 0 saturated carbocycles. The van der Waals surface area contributed by atoms with E-state index in [1.54, 1.807) is 12.3 Å². The minimum absolute atomic E-state index is 0.372. The Hall–Kier alpha value is -1.77. The van der Waals surface area contributed by atoms with E-state index < -0.39 is 0 Å². The molecule has 2 aromatic rings. The van der Waals surface area contributed by atoms with Crippen LogP contribution in [0.25, 0.3) is 0 Å². The molecule has 0 atom stereocenters. The lowest BCUT2D eigenvalue weighted by Gasteiger charge is -1.92. The van der Waals surface area contributed by atoms with Gasteiger partial charge in [-0.15, -0.1) is 0 Å². The molecule has 2 rings (SSSR count). The van der Waals surface area contributed by atoms with Crippen LogP contribution in [0.2, 0.25) is 0 Å². The number of furan rings is 2. The van der Waals surface area contributed by atoms with Gasteiger partial charge >= 0.3 is 0 Å². The summed E-state index contributed by atoms with van der Waals surface area (Å²) in [5.41, 5.74) is 0.852. The fourth-order valence-corrected chi connectivity index (χ4v) is 1.20. The lowest BCUT2D eigenvalue weighted by molar-refractivity contribution is 0.109. The van der Waals surface area contributed by atoms with Gasteiger partial charge in [-0.05, 0) is 18.2 Å². The molecule has 0 aromatic carbocycles. The van der Waals surface area contributed by atoms with Gasteiger partial charge in [-0.25, -0.2) is 0 Å². The fraction of sp³-hybridized carbons (Fsp3) is 0.100. The van der Waals surface area contributed by atoms with Gasteiger partial charge in [-0.2, -0.15) is 0 Å². The van der Waals surface area contributed by atoms with Crippen LogP contribution in [0.4, 0.5) is 0 Å². The second kappa shape index (κ2) is 3.31. The largest absolute Gasteiger partial charge is 0.469 e. The predicted octanol–water partition coefficient (Wildman–Crippen LogP) is 2.28. The van der Waals surface area contributed by atoms with E-state index in [9.17, 15) is 4.79 Å². The van der Waals surface area contributed by atoms with Crippen LogP contribution in [0.15, 0.2) is 39.6 Å². The van der Waals surface area contributed by atoms with Crippen LogP contribution < -0.4 is 0 Å². The van der Waals surface area contributed by atoms with Gasteiger partial charge in [-0.3, -0.25) is 4.79 Å².